The number of aryl methyl sites for hydroxylation is 1. The number of aromatic nitrogens is 1. The van der Waals surface area contributed by atoms with Crippen LogP contribution < -0.4 is 5.32 Å². The first kappa shape index (κ1) is 22.0. The van der Waals surface area contributed by atoms with Gasteiger partial charge in [-0.15, -0.1) is 11.3 Å². The molecule has 152 valence electrons. The average molecular weight is 404 g/mol. The SMILES string of the molecule is CCCCCCc1ccc(C(=O)N(CCOC)CC(=O)Nc2nccs2)cc1. The minimum atomic E-state index is -0.271. The van der Waals surface area contributed by atoms with Gasteiger partial charge in [0.25, 0.3) is 5.91 Å². The largest absolute Gasteiger partial charge is 0.383 e. The van der Waals surface area contributed by atoms with E-state index in [1.54, 1.807) is 18.7 Å². The van der Waals surface area contributed by atoms with E-state index in [1.807, 2.05) is 24.3 Å². The van der Waals surface area contributed by atoms with Crippen molar-refractivity contribution in [1.82, 2.24) is 9.88 Å². The van der Waals surface area contributed by atoms with Crippen molar-refractivity contribution < 1.29 is 14.3 Å². The molecule has 6 nitrogen and oxygen atoms in total. The molecule has 0 saturated carbocycles. The smallest absolute Gasteiger partial charge is 0.254 e. The first-order chi connectivity index (χ1) is 13.6. The first-order valence-corrected chi connectivity index (χ1v) is 10.6. The van der Waals surface area contributed by atoms with E-state index in [0.29, 0.717) is 23.8 Å². The Morgan fingerprint density at radius 2 is 1.96 bits per heavy atom. The molecular formula is C21H29N3O3S. The molecule has 0 aliphatic rings. The number of hydrogen-bond acceptors (Lipinski definition) is 5. The minimum Gasteiger partial charge on any atom is -0.383 e. The van der Waals surface area contributed by atoms with Gasteiger partial charge in [0.2, 0.25) is 5.91 Å². The number of nitrogens with one attached hydrogen (secondary N) is 1. The molecular weight excluding hydrogens is 374 g/mol. The van der Waals surface area contributed by atoms with Crippen molar-refractivity contribution in [2.75, 3.05) is 32.1 Å². The van der Waals surface area contributed by atoms with Crippen molar-refractivity contribution in [1.29, 1.82) is 0 Å². The van der Waals surface area contributed by atoms with Crippen molar-refractivity contribution in [3.05, 3.63) is 47.0 Å². The fourth-order valence-electron chi connectivity index (χ4n) is 2.82. The number of ether oxygens (including phenoxy) is 1. The number of rotatable bonds is 12. The van der Waals surface area contributed by atoms with Crippen LogP contribution >= 0.6 is 11.3 Å². The highest BCUT2D eigenvalue weighted by Crippen LogP contribution is 2.13. The summed E-state index contributed by atoms with van der Waals surface area (Å²) in [5.41, 5.74) is 1.81. The van der Waals surface area contributed by atoms with Gasteiger partial charge < -0.3 is 15.0 Å². The average Bonchev–Trinajstić information content (AvgIpc) is 3.21. The zero-order chi connectivity index (χ0) is 20.2. The van der Waals surface area contributed by atoms with Crippen LogP contribution in [0.5, 0.6) is 0 Å². The summed E-state index contributed by atoms with van der Waals surface area (Å²) in [5, 5.41) is 5.02. The van der Waals surface area contributed by atoms with Gasteiger partial charge >= 0.3 is 0 Å². The van der Waals surface area contributed by atoms with Crippen LogP contribution in [0.1, 0.15) is 48.5 Å². The molecule has 2 amide bonds. The quantitative estimate of drug-likeness (QED) is 0.544. The van der Waals surface area contributed by atoms with E-state index in [9.17, 15) is 9.59 Å². The molecule has 0 atom stereocenters. The molecule has 0 radical (unpaired) electrons. The maximum absolute atomic E-state index is 12.9. The number of nitrogens with zero attached hydrogens (tertiary/aromatic N) is 2. The van der Waals surface area contributed by atoms with E-state index < -0.39 is 0 Å². The number of unbranched alkanes of at least 4 members (excludes halogenated alkanes) is 3. The van der Waals surface area contributed by atoms with Crippen molar-refractivity contribution in [2.24, 2.45) is 0 Å². The third kappa shape index (κ3) is 7.40. The Bertz CT molecular complexity index is 717. The summed E-state index contributed by atoms with van der Waals surface area (Å²) >= 11 is 1.34. The van der Waals surface area contributed by atoms with Gasteiger partial charge in [-0.25, -0.2) is 4.98 Å². The molecule has 0 unspecified atom stereocenters. The highest BCUT2D eigenvalue weighted by Gasteiger charge is 2.19. The predicted octanol–water partition coefficient (Wildman–Crippen LogP) is 3.99. The second-order valence-electron chi connectivity index (χ2n) is 6.61. The molecule has 0 spiro atoms. The lowest BCUT2D eigenvalue weighted by molar-refractivity contribution is -0.117. The fourth-order valence-corrected chi connectivity index (χ4v) is 3.37. The van der Waals surface area contributed by atoms with Crippen molar-refractivity contribution in [3.63, 3.8) is 0 Å². The summed E-state index contributed by atoms with van der Waals surface area (Å²) in [6.07, 6.45) is 7.53. The monoisotopic (exact) mass is 403 g/mol. The summed E-state index contributed by atoms with van der Waals surface area (Å²) in [6.45, 7) is 2.87. The standard InChI is InChI=1S/C21H29N3O3S/c1-3-4-5-6-7-17-8-10-18(11-9-17)20(26)24(13-14-27-2)16-19(25)23-21-22-12-15-28-21/h8-12,15H,3-7,13-14,16H2,1-2H3,(H,22,23,25). The zero-order valence-electron chi connectivity index (χ0n) is 16.6. The molecule has 1 aromatic carbocycles. The number of thiazole rings is 1. The van der Waals surface area contributed by atoms with Gasteiger partial charge in [0.05, 0.1) is 6.61 Å². The molecule has 0 fully saturated rings. The van der Waals surface area contributed by atoms with Crippen LogP contribution in [0.2, 0.25) is 0 Å². The Morgan fingerprint density at radius 1 is 1.18 bits per heavy atom. The number of carbonyl (C=O) groups is 2. The Morgan fingerprint density at radius 3 is 2.61 bits per heavy atom. The van der Waals surface area contributed by atoms with E-state index in [1.165, 1.54) is 41.1 Å². The zero-order valence-corrected chi connectivity index (χ0v) is 17.5. The Hall–Kier alpha value is -2.25. The van der Waals surface area contributed by atoms with Gasteiger partial charge in [0.15, 0.2) is 5.13 Å². The van der Waals surface area contributed by atoms with E-state index in [4.69, 9.17) is 4.74 Å². The number of hydrogen-bond donors (Lipinski definition) is 1. The van der Waals surface area contributed by atoms with Gasteiger partial charge in [-0.2, -0.15) is 0 Å². The maximum atomic E-state index is 12.9. The van der Waals surface area contributed by atoms with Crippen LogP contribution in [-0.4, -0.2) is 48.5 Å². The molecule has 1 N–H and O–H groups in total. The second-order valence-corrected chi connectivity index (χ2v) is 7.51. The second kappa shape index (κ2) is 12.3. The minimum absolute atomic E-state index is 0.0411. The van der Waals surface area contributed by atoms with Crippen molar-refractivity contribution >= 4 is 28.3 Å². The van der Waals surface area contributed by atoms with Crippen LogP contribution in [0.15, 0.2) is 35.8 Å². The van der Waals surface area contributed by atoms with E-state index in [-0.39, 0.29) is 18.4 Å². The van der Waals surface area contributed by atoms with E-state index in [2.05, 4.69) is 17.2 Å². The first-order valence-electron chi connectivity index (χ1n) is 9.70. The number of anilines is 1. The van der Waals surface area contributed by atoms with Crippen LogP contribution in [0.4, 0.5) is 5.13 Å². The maximum Gasteiger partial charge on any atom is 0.254 e. The molecule has 28 heavy (non-hydrogen) atoms. The lowest BCUT2D eigenvalue weighted by Crippen LogP contribution is -2.40. The van der Waals surface area contributed by atoms with Gasteiger partial charge in [0, 0.05) is 30.8 Å². The Kier molecular flexibility index (Phi) is 9.65. The van der Waals surface area contributed by atoms with Gasteiger partial charge in [-0.05, 0) is 30.5 Å². The van der Waals surface area contributed by atoms with E-state index in [0.717, 1.165) is 12.8 Å². The highest BCUT2D eigenvalue weighted by molar-refractivity contribution is 7.13. The molecule has 1 aromatic heterocycles. The van der Waals surface area contributed by atoms with Crippen molar-refractivity contribution in [3.8, 4) is 0 Å². The molecule has 0 aliphatic heterocycles. The van der Waals surface area contributed by atoms with Crippen LogP contribution in [0.25, 0.3) is 0 Å². The normalized spacial score (nSPS) is 10.6. The highest BCUT2D eigenvalue weighted by atomic mass is 32.1. The summed E-state index contributed by atoms with van der Waals surface area (Å²) in [6, 6.07) is 7.69. The summed E-state index contributed by atoms with van der Waals surface area (Å²) < 4.78 is 5.09. The van der Waals surface area contributed by atoms with Crippen LogP contribution in [0.3, 0.4) is 0 Å². The van der Waals surface area contributed by atoms with Crippen molar-refractivity contribution in [2.45, 2.75) is 39.0 Å². The third-order valence-electron chi connectivity index (χ3n) is 4.39. The molecule has 0 bridgehead atoms. The topological polar surface area (TPSA) is 71.5 Å². The number of benzene rings is 1. The fraction of sp³-hybridized carbons (Fsp3) is 0.476. The predicted molar refractivity (Wildman–Crippen MR) is 113 cm³/mol. The molecule has 0 aliphatic carbocycles. The summed E-state index contributed by atoms with van der Waals surface area (Å²) in [4.78, 5) is 30.7. The number of amides is 2. The molecule has 1 heterocycles. The Labute approximate surface area is 170 Å². The lowest BCUT2D eigenvalue weighted by Gasteiger charge is -2.22. The molecule has 2 aromatic rings. The Balaban J connectivity index is 1.95. The molecule has 0 saturated heterocycles. The van der Waals surface area contributed by atoms with E-state index >= 15 is 0 Å². The molecule has 2 rings (SSSR count). The summed E-state index contributed by atoms with van der Waals surface area (Å²) in [5.74, 6) is -0.448. The lowest BCUT2D eigenvalue weighted by atomic mass is 10.0. The summed E-state index contributed by atoms with van der Waals surface area (Å²) in [7, 11) is 1.58. The van der Waals surface area contributed by atoms with Gasteiger partial charge in [0.1, 0.15) is 6.54 Å². The number of carbonyl (C=O) groups excluding carboxylic acids is 2. The van der Waals surface area contributed by atoms with Crippen LogP contribution in [0, 0.1) is 0 Å². The van der Waals surface area contributed by atoms with Gasteiger partial charge in [-0.3, -0.25) is 9.59 Å². The third-order valence-corrected chi connectivity index (χ3v) is 5.07. The molecule has 7 heteroatoms. The number of methoxy groups -OCH3 is 1. The van der Waals surface area contributed by atoms with Gasteiger partial charge in [-0.1, -0.05) is 38.3 Å². The van der Waals surface area contributed by atoms with Crippen LogP contribution in [-0.2, 0) is 16.0 Å².